The van der Waals surface area contributed by atoms with Gasteiger partial charge in [0.15, 0.2) is 0 Å². The van der Waals surface area contributed by atoms with E-state index in [1.165, 1.54) is 12.1 Å². The van der Waals surface area contributed by atoms with Gasteiger partial charge in [-0.25, -0.2) is 4.39 Å². The third kappa shape index (κ3) is 3.90. The lowest BCUT2D eigenvalue weighted by Crippen LogP contribution is -2.51. The summed E-state index contributed by atoms with van der Waals surface area (Å²) < 4.78 is 19.4. The lowest BCUT2D eigenvalue weighted by Gasteiger charge is -2.46. The maximum Gasteiger partial charge on any atom is 0.126 e. The molecule has 2 unspecified atom stereocenters. The van der Waals surface area contributed by atoms with E-state index in [1.807, 2.05) is 13.0 Å². The van der Waals surface area contributed by atoms with Crippen LogP contribution >= 0.6 is 11.6 Å². The minimum atomic E-state index is -0.655. The van der Waals surface area contributed by atoms with Crippen molar-refractivity contribution in [3.8, 4) is 5.75 Å². The maximum atomic E-state index is 13.1. The first-order valence-corrected chi connectivity index (χ1v) is 10.1. The fourth-order valence-corrected chi connectivity index (χ4v) is 4.41. The zero-order valence-corrected chi connectivity index (χ0v) is 16.6. The average molecular weight is 406 g/mol. The van der Waals surface area contributed by atoms with Gasteiger partial charge in [0, 0.05) is 36.6 Å². The first kappa shape index (κ1) is 19.6. The molecule has 0 amide bonds. The number of hydrogen-bond donors (Lipinski definition) is 2. The largest absolute Gasteiger partial charge is 0.487 e. The van der Waals surface area contributed by atoms with Gasteiger partial charge < -0.3 is 19.8 Å². The number of nitrogens with zero attached hydrogens (tertiary/aromatic N) is 1. The molecular weight excluding hydrogens is 381 g/mol. The first-order chi connectivity index (χ1) is 13.3. The SMILES string of the molecule is Cc1cc2c(cc1Cl)C(O)CC1(CCN(CC(O)c3ccc(F)cc3)CC1)O2. The quantitative estimate of drug-likeness (QED) is 0.804. The summed E-state index contributed by atoms with van der Waals surface area (Å²) in [5.74, 6) is 0.418. The Kier molecular flexibility index (Phi) is 5.36. The van der Waals surface area contributed by atoms with Crippen molar-refractivity contribution in [3.05, 3.63) is 63.9 Å². The van der Waals surface area contributed by atoms with E-state index < -0.39 is 12.2 Å². The molecule has 2 N–H and O–H groups in total. The Labute approximate surface area is 169 Å². The summed E-state index contributed by atoms with van der Waals surface area (Å²) in [6.45, 7) is 3.97. The second-order valence-electron chi connectivity index (χ2n) is 8.01. The van der Waals surface area contributed by atoms with Gasteiger partial charge in [0.1, 0.15) is 17.2 Å². The predicted octanol–water partition coefficient (Wildman–Crippen LogP) is 4.17. The van der Waals surface area contributed by atoms with Crippen molar-refractivity contribution < 1.29 is 19.3 Å². The molecule has 1 spiro atoms. The molecule has 1 saturated heterocycles. The summed E-state index contributed by atoms with van der Waals surface area (Å²) in [5, 5.41) is 21.7. The van der Waals surface area contributed by atoms with E-state index in [-0.39, 0.29) is 11.4 Å². The van der Waals surface area contributed by atoms with Crippen LogP contribution in [0.5, 0.6) is 5.75 Å². The van der Waals surface area contributed by atoms with Gasteiger partial charge in [-0.05, 0) is 55.2 Å². The molecule has 0 bridgehead atoms. The number of aliphatic hydroxyl groups excluding tert-OH is 2. The van der Waals surface area contributed by atoms with Crippen LogP contribution in [0.4, 0.5) is 4.39 Å². The number of halogens is 2. The van der Waals surface area contributed by atoms with Crippen molar-refractivity contribution in [2.24, 2.45) is 0 Å². The Morgan fingerprint density at radius 1 is 1.25 bits per heavy atom. The molecule has 2 aromatic rings. The van der Waals surface area contributed by atoms with Crippen LogP contribution in [0.2, 0.25) is 5.02 Å². The van der Waals surface area contributed by atoms with E-state index in [0.29, 0.717) is 23.6 Å². The van der Waals surface area contributed by atoms with Crippen LogP contribution in [0.15, 0.2) is 36.4 Å². The van der Waals surface area contributed by atoms with E-state index in [9.17, 15) is 14.6 Å². The van der Waals surface area contributed by atoms with Crippen molar-refractivity contribution in [2.45, 2.75) is 44.0 Å². The maximum absolute atomic E-state index is 13.1. The molecule has 0 saturated carbocycles. The molecule has 28 heavy (non-hydrogen) atoms. The normalized spacial score (nSPS) is 22.5. The second-order valence-corrected chi connectivity index (χ2v) is 8.42. The summed E-state index contributed by atoms with van der Waals surface area (Å²) in [7, 11) is 0. The summed E-state index contributed by atoms with van der Waals surface area (Å²) in [5.41, 5.74) is 2.02. The highest BCUT2D eigenvalue weighted by Crippen LogP contribution is 2.45. The van der Waals surface area contributed by atoms with Gasteiger partial charge in [-0.3, -0.25) is 0 Å². The van der Waals surface area contributed by atoms with E-state index in [1.54, 1.807) is 18.2 Å². The lowest BCUT2D eigenvalue weighted by atomic mass is 9.81. The standard InChI is InChI=1S/C22H25ClFNO3/c1-14-10-21-17(11-18(14)23)19(26)12-22(28-21)6-8-25(9-7-22)13-20(27)15-2-4-16(24)5-3-15/h2-5,10-11,19-20,26-27H,6-9,12-13H2,1H3. The van der Waals surface area contributed by atoms with Gasteiger partial charge in [0.05, 0.1) is 12.2 Å². The van der Waals surface area contributed by atoms with Gasteiger partial charge in [0.25, 0.3) is 0 Å². The monoisotopic (exact) mass is 405 g/mol. The first-order valence-electron chi connectivity index (χ1n) is 9.68. The summed E-state index contributed by atoms with van der Waals surface area (Å²) in [4.78, 5) is 2.19. The zero-order valence-electron chi connectivity index (χ0n) is 15.9. The number of aryl methyl sites for hydroxylation is 1. The van der Waals surface area contributed by atoms with Crippen LogP contribution in [0.3, 0.4) is 0 Å². The molecule has 0 aliphatic carbocycles. The minimum Gasteiger partial charge on any atom is -0.487 e. The Morgan fingerprint density at radius 3 is 2.61 bits per heavy atom. The highest BCUT2D eigenvalue weighted by Gasteiger charge is 2.43. The molecule has 0 radical (unpaired) electrons. The fourth-order valence-electron chi connectivity index (χ4n) is 4.24. The van der Waals surface area contributed by atoms with Gasteiger partial charge >= 0.3 is 0 Å². The van der Waals surface area contributed by atoms with Gasteiger partial charge in [-0.2, -0.15) is 0 Å². The molecule has 2 atom stereocenters. The number of aliphatic hydroxyl groups is 2. The van der Waals surface area contributed by atoms with Crippen LogP contribution < -0.4 is 4.74 Å². The molecule has 2 aromatic carbocycles. The van der Waals surface area contributed by atoms with Crippen LogP contribution in [0, 0.1) is 12.7 Å². The number of likely N-dealkylation sites (tertiary alicyclic amines) is 1. The minimum absolute atomic E-state index is 0.305. The number of ether oxygens (including phenoxy) is 1. The smallest absolute Gasteiger partial charge is 0.126 e. The molecule has 4 nitrogen and oxygen atoms in total. The highest BCUT2D eigenvalue weighted by molar-refractivity contribution is 6.31. The summed E-state index contributed by atoms with van der Waals surface area (Å²) in [6, 6.07) is 9.69. The lowest BCUT2D eigenvalue weighted by molar-refractivity contribution is -0.0588. The number of hydrogen-bond acceptors (Lipinski definition) is 4. The molecule has 2 aliphatic heterocycles. The molecule has 2 aliphatic rings. The van der Waals surface area contributed by atoms with E-state index in [4.69, 9.17) is 16.3 Å². The van der Waals surface area contributed by atoms with Crippen LogP contribution in [0.25, 0.3) is 0 Å². The molecule has 150 valence electrons. The molecule has 6 heteroatoms. The van der Waals surface area contributed by atoms with E-state index in [0.717, 1.165) is 42.8 Å². The molecule has 0 aromatic heterocycles. The molecular formula is C22H25ClFNO3. The number of piperidine rings is 1. The Hall–Kier alpha value is -1.66. The Bertz CT molecular complexity index is 850. The Balaban J connectivity index is 1.41. The highest BCUT2D eigenvalue weighted by atomic mass is 35.5. The fraction of sp³-hybridized carbons (Fsp3) is 0.455. The predicted molar refractivity (Wildman–Crippen MR) is 106 cm³/mol. The van der Waals surface area contributed by atoms with Crippen molar-refractivity contribution in [1.82, 2.24) is 4.90 Å². The van der Waals surface area contributed by atoms with Crippen molar-refractivity contribution in [3.63, 3.8) is 0 Å². The van der Waals surface area contributed by atoms with E-state index in [2.05, 4.69) is 4.90 Å². The van der Waals surface area contributed by atoms with Crippen molar-refractivity contribution >= 4 is 11.6 Å². The van der Waals surface area contributed by atoms with Crippen LogP contribution in [-0.4, -0.2) is 40.3 Å². The van der Waals surface area contributed by atoms with E-state index >= 15 is 0 Å². The van der Waals surface area contributed by atoms with Crippen molar-refractivity contribution in [2.75, 3.05) is 19.6 Å². The Morgan fingerprint density at radius 2 is 1.93 bits per heavy atom. The third-order valence-corrected chi connectivity index (χ3v) is 6.40. The molecule has 2 heterocycles. The number of rotatable bonds is 3. The number of benzene rings is 2. The molecule has 4 rings (SSSR count). The zero-order chi connectivity index (χ0) is 19.9. The second kappa shape index (κ2) is 7.64. The van der Waals surface area contributed by atoms with Gasteiger partial charge in [-0.15, -0.1) is 0 Å². The summed E-state index contributed by atoms with van der Waals surface area (Å²) in [6.07, 6.45) is 0.868. The molecule has 1 fully saturated rings. The van der Waals surface area contributed by atoms with Crippen LogP contribution in [0.1, 0.15) is 48.2 Å². The van der Waals surface area contributed by atoms with Crippen molar-refractivity contribution in [1.29, 1.82) is 0 Å². The topological polar surface area (TPSA) is 52.9 Å². The third-order valence-electron chi connectivity index (χ3n) is 6.00. The van der Waals surface area contributed by atoms with Gasteiger partial charge in [0.2, 0.25) is 0 Å². The average Bonchev–Trinajstić information content (AvgIpc) is 2.66. The number of fused-ring (bicyclic) bond motifs is 1. The van der Waals surface area contributed by atoms with Crippen LogP contribution in [-0.2, 0) is 0 Å². The summed E-state index contributed by atoms with van der Waals surface area (Å²) >= 11 is 6.20. The van der Waals surface area contributed by atoms with Gasteiger partial charge in [-0.1, -0.05) is 23.7 Å². The number of β-amino-alcohol motifs (C(OH)–C–C–N with tert-alkyl or cyclic N) is 1.